The molecule has 0 bridgehead atoms. The van der Waals surface area contributed by atoms with Gasteiger partial charge in [0.1, 0.15) is 0 Å². The van der Waals surface area contributed by atoms with Crippen LogP contribution in [0.1, 0.15) is 24.6 Å². The first-order chi connectivity index (χ1) is 12.2. The fraction of sp³-hybridized carbons (Fsp3) is 0.150. The minimum absolute atomic E-state index is 0.0584. The Morgan fingerprint density at radius 3 is 2.60 bits per heavy atom. The average molecular weight is 334 g/mol. The second-order valence-corrected chi connectivity index (χ2v) is 5.43. The molecular formula is C20H18N2O3. The van der Waals surface area contributed by atoms with Gasteiger partial charge in [-0.1, -0.05) is 43.3 Å². The summed E-state index contributed by atoms with van der Waals surface area (Å²) in [4.78, 5) is 20.5. The SMILES string of the molecule is CCC(=O)Oc1oc(-c2ccccc2)nc1C=Nc1ccccc1C. The minimum Gasteiger partial charge on any atom is -0.405 e. The van der Waals surface area contributed by atoms with Crippen molar-refractivity contribution >= 4 is 17.9 Å². The summed E-state index contributed by atoms with van der Waals surface area (Å²) >= 11 is 0. The van der Waals surface area contributed by atoms with Crippen molar-refractivity contribution < 1.29 is 13.9 Å². The number of rotatable bonds is 5. The van der Waals surface area contributed by atoms with Crippen molar-refractivity contribution in [2.45, 2.75) is 20.3 Å². The molecule has 5 heteroatoms. The highest BCUT2D eigenvalue weighted by atomic mass is 16.6. The van der Waals surface area contributed by atoms with Crippen LogP contribution < -0.4 is 4.74 Å². The number of ether oxygens (including phenoxy) is 1. The zero-order chi connectivity index (χ0) is 17.6. The molecule has 0 saturated heterocycles. The third-order valence-corrected chi connectivity index (χ3v) is 3.58. The number of carbonyl (C=O) groups is 1. The summed E-state index contributed by atoms with van der Waals surface area (Å²) in [6.07, 6.45) is 1.80. The summed E-state index contributed by atoms with van der Waals surface area (Å²) in [5, 5.41) is 0. The lowest BCUT2D eigenvalue weighted by atomic mass is 10.2. The smallest absolute Gasteiger partial charge is 0.322 e. The molecule has 2 aromatic carbocycles. The molecule has 0 spiro atoms. The minimum atomic E-state index is -0.388. The largest absolute Gasteiger partial charge is 0.405 e. The molecule has 0 atom stereocenters. The predicted molar refractivity (Wildman–Crippen MR) is 96.3 cm³/mol. The van der Waals surface area contributed by atoms with Gasteiger partial charge in [0.2, 0.25) is 5.89 Å². The van der Waals surface area contributed by atoms with Crippen molar-refractivity contribution in [1.82, 2.24) is 4.98 Å². The highest BCUT2D eigenvalue weighted by Gasteiger charge is 2.17. The number of aryl methyl sites for hydroxylation is 1. The molecule has 1 heterocycles. The van der Waals surface area contributed by atoms with E-state index in [9.17, 15) is 4.79 Å². The molecule has 0 saturated carbocycles. The molecule has 1 aromatic heterocycles. The van der Waals surface area contributed by atoms with Crippen LogP contribution in [0, 0.1) is 6.92 Å². The zero-order valence-corrected chi connectivity index (χ0v) is 14.1. The van der Waals surface area contributed by atoms with E-state index in [0.29, 0.717) is 11.6 Å². The summed E-state index contributed by atoms with van der Waals surface area (Å²) < 4.78 is 10.9. The lowest BCUT2D eigenvalue weighted by molar-refractivity contribution is -0.135. The Kier molecular flexibility index (Phi) is 5.04. The lowest BCUT2D eigenvalue weighted by Crippen LogP contribution is -2.06. The Bertz CT molecular complexity index is 898. The highest BCUT2D eigenvalue weighted by molar-refractivity contribution is 5.85. The van der Waals surface area contributed by atoms with E-state index < -0.39 is 0 Å². The van der Waals surface area contributed by atoms with Gasteiger partial charge in [-0.25, -0.2) is 4.98 Å². The van der Waals surface area contributed by atoms with E-state index in [0.717, 1.165) is 16.8 Å². The number of benzene rings is 2. The molecule has 5 nitrogen and oxygen atoms in total. The fourth-order valence-corrected chi connectivity index (χ4v) is 2.19. The fourth-order valence-electron chi connectivity index (χ4n) is 2.19. The number of oxazole rings is 1. The Labute approximate surface area is 146 Å². The third-order valence-electron chi connectivity index (χ3n) is 3.58. The van der Waals surface area contributed by atoms with Gasteiger partial charge in [0.15, 0.2) is 5.69 Å². The van der Waals surface area contributed by atoms with Gasteiger partial charge in [-0.3, -0.25) is 9.79 Å². The monoisotopic (exact) mass is 334 g/mol. The maximum Gasteiger partial charge on any atom is 0.322 e. The van der Waals surface area contributed by atoms with Crippen molar-refractivity contribution in [3.05, 3.63) is 65.9 Å². The first kappa shape index (κ1) is 16.6. The van der Waals surface area contributed by atoms with Crippen LogP contribution in [0.2, 0.25) is 0 Å². The summed E-state index contributed by atoms with van der Waals surface area (Å²) in [7, 11) is 0. The van der Waals surface area contributed by atoms with Crippen molar-refractivity contribution in [2.24, 2.45) is 4.99 Å². The van der Waals surface area contributed by atoms with Gasteiger partial charge < -0.3 is 9.15 Å². The molecule has 25 heavy (non-hydrogen) atoms. The summed E-state index contributed by atoms with van der Waals surface area (Å²) in [5.41, 5.74) is 3.04. The molecule has 0 aliphatic carbocycles. The molecule has 126 valence electrons. The zero-order valence-electron chi connectivity index (χ0n) is 14.1. The van der Waals surface area contributed by atoms with Crippen molar-refractivity contribution in [3.8, 4) is 17.4 Å². The van der Waals surface area contributed by atoms with E-state index in [1.54, 1.807) is 13.1 Å². The van der Waals surface area contributed by atoms with Gasteiger partial charge in [0, 0.05) is 12.0 Å². The van der Waals surface area contributed by atoms with E-state index in [4.69, 9.17) is 9.15 Å². The van der Waals surface area contributed by atoms with Crippen molar-refractivity contribution in [2.75, 3.05) is 0 Å². The van der Waals surface area contributed by atoms with Crippen LogP contribution in [0.15, 0.2) is 64.0 Å². The van der Waals surface area contributed by atoms with Crippen molar-refractivity contribution in [1.29, 1.82) is 0 Å². The number of carbonyl (C=O) groups excluding carboxylic acids is 1. The van der Waals surface area contributed by atoms with Gasteiger partial charge in [0.05, 0.1) is 11.9 Å². The molecule has 0 aliphatic heterocycles. The highest BCUT2D eigenvalue weighted by Crippen LogP contribution is 2.27. The van der Waals surface area contributed by atoms with Gasteiger partial charge >= 0.3 is 11.9 Å². The van der Waals surface area contributed by atoms with Crippen molar-refractivity contribution in [3.63, 3.8) is 0 Å². The second kappa shape index (κ2) is 7.57. The molecular weight excluding hydrogens is 316 g/mol. The summed E-state index contributed by atoms with van der Waals surface area (Å²) in [6.45, 7) is 3.70. The number of hydrogen-bond acceptors (Lipinski definition) is 5. The molecule has 0 amide bonds. The van der Waals surface area contributed by atoms with E-state index in [-0.39, 0.29) is 18.3 Å². The van der Waals surface area contributed by atoms with Crippen LogP contribution >= 0.6 is 0 Å². The molecule has 0 N–H and O–H groups in total. The van der Waals surface area contributed by atoms with E-state index in [1.807, 2.05) is 61.5 Å². The molecule has 0 radical (unpaired) electrons. The number of aromatic nitrogens is 1. The Balaban J connectivity index is 1.97. The van der Waals surface area contributed by atoms with Crippen LogP contribution in [-0.2, 0) is 4.79 Å². The topological polar surface area (TPSA) is 64.7 Å². The van der Waals surface area contributed by atoms with Crippen LogP contribution in [0.4, 0.5) is 5.69 Å². The number of para-hydroxylation sites is 1. The predicted octanol–water partition coefficient (Wildman–Crippen LogP) is 4.72. The second-order valence-electron chi connectivity index (χ2n) is 5.43. The molecule has 0 fully saturated rings. The van der Waals surface area contributed by atoms with Gasteiger partial charge in [0.25, 0.3) is 0 Å². The van der Waals surface area contributed by atoms with Crippen LogP contribution in [0.3, 0.4) is 0 Å². The Morgan fingerprint density at radius 2 is 1.88 bits per heavy atom. The number of aliphatic imine (C=N–C) groups is 1. The standard InChI is InChI=1S/C20H18N2O3/c1-3-18(23)24-20-17(13-21-16-12-8-7-9-14(16)2)22-19(25-20)15-10-5-4-6-11-15/h4-13H,3H2,1-2H3. The number of esters is 1. The molecule has 3 rings (SSSR count). The average Bonchev–Trinajstić information content (AvgIpc) is 3.04. The number of nitrogens with zero attached hydrogens (tertiary/aromatic N) is 2. The molecule has 0 unspecified atom stereocenters. The quantitative estimate of drug-likeness (QED) is 0.500. The first-order valence-corrected chi connectivity index (χ1v) is 8.04. The first-order valence-electron chi connectivity index (χ1n) is 8.04. The van der Waals surface area contributed by atoms with Gasteiger partial charge in [-0.15, -0.1) is 0 Å². The van der Waals surface area contributed by atoms with Crippen LogP contribution in [0.5, 0.6) is 5.95 Å². The maximum absolute atomic E-state index is 11.7. The van der Waals surface area contributed by atoms with Crippen LogP contribution in [-0.4, -0.2) is 17.2 Å². The van der Waals surface area contributed by atoms with Crippen LogP contribution in [0.25, 0.3) is 11.5 Å². The normalized spacial score (nSPS) is 11.0. The van der Waals surface area contributed by atoms with E-state index in [2.05, 4.69) is 9.98 Å². The van der Waals surface area contributed by atoms with Gasteiger partial charge in [-0.05, 0) is 30.7 Å². The summed E-state index contributed by atoms with van der Waals surface area (Å²) in [5.74, 6) is 0.0510. The molecule has 0 aliphatic rings. The van der Waals surface area contributed by atoms with E-state index in [1.165, 1.54) is 0 Å². The van der Waals surface area contributed by atoms with Gasteiger partial charge in [-0.2, -0.15) is 0 Å². The Morgan fingerprint density at radius 1 is 1.16 bits per heavy atom. The van der Waals surface area contributed by atoms with E-state index >= 15 is 0 Å². The Hall–Kier alpha value is -3.21. The third kappa shape index (κ3) is 4.01. The maximum atomic E-state index is 11.7. The lowest BCUT2D eigenvalue weighted by Gasteiger charge is -1.99. The number of hydrogen-bond donors (Lipinski definition) is 0. The molecule has 3 aromatic rings. The summed E-state index contributed by atoms with van der Waals surface area (Å²) in [6, 6.07) is 17.2.